The Balaban J connectivity index is 0.00000196. The Labute approximate surface area is 136 Å². The van der Waals surface area contributed by atoms with Crippen molar-refractivity contribution in [1.82, 2.24) is 0 Å². The molecule has 0 aliphatic rings. The van der Waals surface area contributed by atoms with Crippen LogP contribution in [0.4, 0.5) is 0 Å². The molecule has 1 aromatic carbocycles. The Kier molecular flexibility index (Phi) is 6.40. The number of benzene rings is 1. The second-order valence-electron chi connectivity index (χ2n) is 3.35. The third-order valence-corrected chi connectivity index (χ3v) is 2.03. The predicted octanol–water partition coefficient (Wildman–Crippen LogP) is 1.93. The average Bonchev–Trinajstić information content (AvgIpc) is 2.08. The number of hydrogen-bond donors (Lipinski definition) is 1. The number of carboxylic acid groups (broad SMARTS) is 1. The number of carbonyl (C=O) groups is 1. The van der Waals surface area contributed by atoms with E-state index in [4.69, 9.17) is 21.4 Å². The van der Waals surface area contributed by atoms with Gasteiger partial charge in [-0.3, -0.25) is 0 Å². The second kappa shape index (κ2) is 6.23. The minimum absolute atomic E-state index is 0. The van der Waals surface area contributed by atoms with Gasteiger partial charge in [-0.1, -0.05) is 23.7 Å². The molecule has 0 bridgehead atoms. The van der Waals surface area contributed by atoms with Crippen LogP contribution in [-0.4, -0.2) is 68.1 Å². The van der Waals surface area contributed by atoms with Crippen molar-refractivity contribution in [2.45, 2.75) is 19.4 Å². The summed E-state index contributed by atoms with van der Waals surface area (Å²) in [7, 11) is 0. The van der Waals surface area contributed by atoms with Crippen LogP contribution in [-0.2, 0) is 4.79 Å². The van der Waals surface area contributed by atoms with Crippen molar-refractivity contribution in [2.75, 3.05) is 0 Å². The van der Waals surface area contributed by atoms with Crippen LogP contribution in [0.3, 0.4) is 0 Å². The van der Waals surface area contributed by atoms with E-state index in [1.165, 1.54) is 13.8 Å². The molecule has 78 valence electrons. The summed E-state index contributed by atoms with van der Waals surface area (Å²) < 4.78 is 5.26. The molecule has 15 heavy (non-hydrogen) atoms. The van der Waals surface area contributed by atoms with E-state index in [2.05, 4.69) is 0 Å². The zero-order valence-corrected chi connectivity index (χ0v) is 8.71. The van der Waals surface area contributed by atoms with Crippen molar-refractivity contribution in [3.63, 3.8) is 0 Å². The number of hydrogen-bond acceptors (Lipinski definition) is 2. The molecule has 0 heterocycles. The molecule has 5 heteroatoms. The Hall–Kier alpha value is 0.416. The molecular weight excluding hydrogens is 243 g/mol. The normalized spacial score (nSPS) is 10.3. The van der Waals surface area contributed by atoms with E-state index < -0.39 is 11.6 Å². The van der Waals surface area contributed by atoms with Gasteiger partial charge >= 0.3 is 57.4 Å². The summed E-state index contributed by atoms with van der Waals surface area (Å²) in [4.78, 5) is 10.8. The van der Waals surface area contributed by atoms with Gasteiger partial charge in [-0.15, -0.1) is 0 Å². The quantitative estimate of drug-likeness (QED) is 0.839. The van der Waals surface area contributed by atoms with Gasteiger partial charge in [0.25, 0.3) is 0 Å². The summed E-state index contributed by atoms with van der Waals surface area (Å²) in [6, 6.07) is 6.77. The standard InChI is InChI=1S/C10H11ClO3.K.H/c1-10(2,9(12)13)14-8-6-4-3-5-7(8)11;;/h3-6H,1-2H3,(H,12,13);;. The minimum atomic E-state index is -1.27. The first-order chi connectivity index (χ1) is 6.43. The molecule has 3 nitrogen and oxygen atoms in total. The van der Waals surface area contributed by atoms with Gasteiger partial charge in [-0.2, -0.15) is 0 Å². The van der Waals surface area contributed by atoms with Gasteiger partial charge in [0.05, 0.1) is 5.02 Å². The summed E-state index contributed by atoms with van der Waals surface area (Å²) >= 11 is 5.82. The molecule has 0 amide bonds. The van der Waals surface area contributed by atoms with Crippen LogP contribution in [0.15, 0.2) is 24.3 Å². The van der Waals surface area contributed by atoms with Crippen LogP contribution in [0.1, 0.15) is 13.8 Å². The zero-order valence-electron chi connectivity index (χ0n) is 7.95. The van der Waals surface area contributed by atoms with Crippen LogP contribution in [0.25, 0.3) is 0 Å². The van der Waals surface area contributed by atoms with Gasteiger partial charge in [-0.25, -0.2) is 4.79 Å². The van der Waals surface area contributed by atoms with Crippen molar-refractivity contribution in [2.24, 2.45) is 0 Å². The molecule has 0 aliphatic carbocycles. The zero-order chi connectivity index (χ0) is 10.8. The number of ether oxygens (including phenoxy) is 1. The van der Waals surface area contributed by atoms with Crippen molar-refractivity contribution < 1.29 is 14.6 Å². The molecule has 1 aromatic rings. The average molecular weight is 255 g/mol. The Bertz CT molecular complexity index is 352. The molecule has 0 fully saturated rings. The van der Waals surface area contributed by atoms with Gasteiger partial charge in [0.2, 0.25) is 0 Å². The SMILES string of the molecule is CC(C)(Oc1ccccc1Cl)C(=O)O.[KH]. The number of aliphatic carboxylic acids is 1. The van der Waals surface area contributed by atoms with Gasteiger partial charge in [0, 0.05) is 0 Å². The summed E-state index contributed by atoms with van der Waals surface area (Å²) in [5.41, 5.74) is -1.27. The van der Waals surface area contributed by atoms with Gasteiger partial charge in [0.1, 0.15) is 5.75 Å². The molecule has 0 unspecified atom stereocenters. The molecule has 1 N–H and O–H groups in total. The third-order valence-electron chi connectivity index (χ3n) is 1.72. The number of rotatable bonds is 3. The van der Waals surface area contributed by atoms with Crippen molar-refractivity contribution >= 4 is 69.0 Å². The van der Waals surface area contributed by atoms with Crippen LogP contribution in [0, 0.1) is 0 Å². The Morgan fingerprint density at radius 3 is 2.40 bits per heavy atom. The number of para-hydroxylation sites is 1. The number of halogens is 1. The molecule has 0 spiro atoms. The molecule has 1 rings (SSSR count). The van der Waals surface area contributed by atoms with E-state index in [1.54, 1.807) is 24.3 Å². The molecule has 0 radical (unpaired) electrons. The molecular formula is C10H12ClKO3. The summed E-state index contributed by atoms with van der Waals surface area (Å²) in [5, 5.41) is 9.23. The second-order valence-corrected chi connectivity index (χ2v) is 3.76. The topological polar surface area (TPSA) is 46.5 Å². The molecule has 0 saturated carbocycles. The van der Waals surface area contributed by atoms with Crippen LogP contribution in [0.5, 0.6) is 5.75 Å². The maximum atomic E-state index is 10.8. The first-order valence-corrected chi connectivity index (χ1v) is 4.48. The predicted molar refractivity (Wildman–Crippen MR) is 60.9 cm³/mol. The first kappa shape index (κ1) is 15.4. The molecule has 0 aliphatic heterocycles. The van der Waals surface area contributed by atoms with E-state index in [9.17, 15) is 4.79 Å². The summed E-state index contributed by atoms with van der Waals surface area (Å²) in [5.74, 6) is -0.654. The fraction of sp³-hybridized carbons (Fsp3) is 0.300. The van der Waals surface area contributed by atoms with Gasteiger partial charge < -0.3 is 9.84 Å². The van der Waals surface area contributed by atoms with Crippen molar-refractivity contribution in [3.8, 4) is 5.75 Å². The van der Waals surface area contributed by atoms with E-state index >= 15 is 0 Å². The van der Waals surface area contributed by atoms with Crippen molar-refractivity contribution in [1.29, 1.82) is 0 Å². The fourth-order valence-electron chi connectivity index (χ4n) is 0.846. The van der Waals surface area contributed by atoms with Crippen LogP contribution >= 0.6 is 11.6 Å². The molecule has 0 atom stereocenters. The van der Waals surface area contributed by atoms with Crippen molar-refractivity contribution in [3.05, 3.63) is 29.3 Å². The van der Waals surface area contributed by atoms with E-state index in [-0.39, 0.29) is 51.4 Å². The molecule has 0 aromatic heterocycles. The summed E-state index contributed by atoms with van der Waals surface area (Å²) in [6.45, 7) is 2.94. The Morgan fingerprint density at radius 1 is 1.40 bits per heavy atom. The van der Waals surface area contributed by atoms with Gasteiger partial charge in [0.15, 0.2) is 5.60 Å². The van der Waals surface area contributed by atoms with E-state index in [0.29, 0.717) is 10.8 Å². The fourth-order valence-corrected chi connectivity index (χ4v) is 1.02. The molecule has 0 saturated heterocycles. The Morgan fingerprint density at radius 2 is 1.93 bits per heavy atom. The number of carboxylic acids is 1. The summed E-state index contributed by atoms with van der Waals surface area (Å²) in [6.07, 6.45) is 0. The van der Waals surface area contributed by atoms with E-state index in [1.807, 2.05) is 0 Å². The van der Waals surface area contributed by atoms with Gasteiger partial charge in [-0.05, 0) is 26.0 Å². The third kappa shape index (κ3) is 4.42. The monoisotopic (exact) mass is 254 g/mol. The maximum absolute atomic E-state index is 10.8. The van der Waals surface area contributed by atoms with Crippen LogP contribution < -0.4 is 4.74 Å². The first-order valence-electron chi connectivity index (χ1n) is 4.10. The van der Waals surface area contributed by atoms with Crippen LogP contribution in [0.2, 0.25) is 5.02 Å². The van der Waals surface area contributed by atoms with E-state index in [0.717, 1.165) is 0 Å².